The lowest BCUT2D eigenvalue weighted by Gasteiger charge is -2.06. The number of nitrogens with zero attached hydrogens (tertiary/aromatic N) is 2. The van der Waals surface area contributed by atoms with Crippen molar-refractivity contribution in [3.05, 3.63) is 36.2 Å². The summed E-state index contributed by atoms with van der Waals surface area (Å²) in [6, 6.07) is 9.85. The van der Waals surface area contributed by atoms with Gasteiger partial charge in [-0.3, -0.25) is 4.79 Å². The molecule has 1 heterocycles. The Morgan fingerprint density at radius 2 is 2.05 bits per heavy atom. The van der Waals surface area contributed by atoms with Gasteiger partial charge in [0, 0.05) is 24.4 Å². The van der Waals surface area contributed by atoms with Crippen molar-refractivity contribution >= 4 is 5.91 Å². The first-order chi connectivity index (χ1) is 9.65. The number of nitrogens with one attached hydrogen (secondary N) is 1. The van der Waals surface area contributed by atoms with Crippen LogP contribution in [0.4, 0.5) is 0 Å². The largest absolute Gasteiger partial charge is 0.354 e. The number of aromatic nitrogens is 2. The highest BCUT2D eigenvalue weighted by atomic mass is 16.5. The molecular formula is C15H19N3O2. The zero-order valence-corrected chi connectivity index (χ0v) is 11.8. The molecule has 1 N–H and O–H groups in total. The fourth-order valence-corrected chi connectivity index (χ4v) is 1.86. The van der Waals surface area contributed by atoms with Gasteiger partial charge in [0.25, 0.3) is 0 Å². The fraction of sp³-hybridized carbons (Fsp3) is 0.400. The molecule has 2 aromatic rings. The molecule has 106 valence electrons. The van der Waals surface area contributed by atoms with Gasteiger partial charge in [-0.25, -0.2) is 0 Å². The quantitative estimate of drug-likeness (QED) is 0.878. The van der Waals surface area contributed by atoms with Crippen LogP contribution in [0.5, 0.6) is 0 Å². The molecule has 0 bridgehead atoms. The van der Waals surface area contributed by atoms with Gasteiger partial charge in [-0.2, -0.15) is 4.98 Å². The maximum Gasteiger partial charge on any atom is 0.226 e. The molecular weight excluding hydrogens is 254 g/mol. The number of hydrogen-bond donors (Lipinski definition) is 1. The highest BCUT2D eigenvalue weighted by molar-refractivity contribution is 5.76. The summed E-state index contributed by atoms with van der Waals surface area (Å²) >= 11 is 0. The van der Waals surface area contributed by atoms with Gasteiger partial charge in [0.05, 0.1) is 0 Å². The van der Waals surface area contributed by atoms with E-state index >= 15 is 0 Å². The Balaban J connectivity index is 1.83. The molecule has 1 aromatic heterocycles. The molecule has 20 heavy (non-hydrogen) atoms. The molecule has 0 saturated heterocycles. The van der Waals surface area contributed by atoms with E-state index in [-0.39, 0.29) is 11.9 Å². The van der Waals surface area contributed by atoms with Crippen molar-refractivity contribution in [2.24, 2.45) is 0 Å². The van der Waals surface area contributed by atoms with Crippen LogP contribution in [-0.2, 0) is 11.2 Å². The van der Waals surface area contributed by atoms with Crippen LogP contribution in [0, 0.1) is 0 Å². The lowest BCUT2D eigenvalue weighted by molar-refractivity contribution is -0.121. The normalized spacial score (nSPS) is 10.8. The number of hydrogen-bond acceptors (Lipinski definition) is 4. The van der Waals surface area contributed by atoms with Gasteiger partial charge >= 0.3 is 0 Å². The average molecular weight is 273 g/mol. The highest BCUT2D eigenvalue weighted by Gasteiger charge is 2.09. The van der Waals surface area contributed by atoms with Gasteiger partial charge in [-0.15, -0.1) is 0 Å². The van der Waals surface area contributed by atoms with Crippen LogP contribution in [-0.4, -0.2) is 22.1 Å². The summed E-state index contributed by atoms with van der Waals surface area (Å²) in [5.74, 6) is 1.22. The van der Waals surface area contributed by atoms with E-state index in [1.807, 2.05) is 44.2 Å². The maximum absolute atomic E-state index is 11.5. The number of aryl methyl sites for hydroxylation is 1. The first kappa shape index (κ1) is 14.2. The maximum atomic E-state index is 11.5. The zero-order valence-electron chi connectivity index (χ0n) is 11.8. The fourth-order valence-electron chi connectivity index (χ4n) is 1.86. The van der Waals surface area contributed by atoms with E-state index in [1.54, 1.807) is 0 Å². The minimum absolute atomic E-state index is 0.0581. The Labute approximate surface area is 118 Å². The van der Waals surface area contributed by atoms with Crippen LogP contribution in [0.3, 0.4) is 0 Å². The first-order valence-electron chi connectivity index (χ1n) is 6.82. The van der Waals surface area contributed by atoms with Gasteiger partial charge in [0.15, 0.2) is 0 Å². The predicted octanol–water partition coefficient (Wildman–Crippen LogP) is 2.58. The molecule has 0 atom stereocenters. The van der Waals surface area contributed by atoms with Crippen molar-refractivity contribution in [2.75, 3.05) is 0 Å². The van der Waals surface area contributed by atoms with Crippen molar-refractivity contribution in [2.45, 2.75) is 39.2 Å². The summed E-state index contributed by atoms with van der Waals surface area (Å²) in [5, 5.41) is 6.80. The number of amides is 1. The highest BCUT2D eigenvalue weighted by Crippen LogP contribution is 2.15. The number of benzene rings is 1. The van der Waals surface area contributed by atoms with Gasteiger partial charge in [0.1, 0.15) is 0 Å². The standard InChI is InChI=1S/C15H19N3O2/c1-11(2)16-13(19)9-6-10-14-17-15(18-20-14)12-7-4-3-5-8-12/h3-5,7-8,11H,6,9-10H2,1-2H3,(H,16,19). The minimum Gasteiger partial charge on any atom is -0.354 e. The SMILES string of the molecule is CC(C)NC(=O)CCCc1nc(-c2ccccc2)no1. The average Bonchev–Trinajstić information content (AvgIpc) is 2.88. The molecule has 1 aromatic carbocycles. The number of rotatable bonds is 6. The molecule has 0 saturated carbocycles. The molecule has 0 unspecified atom stereocenters. The molecule has 0 fully saturated rings. The van der Waals surface area contributed by atoms with Crippen LogP contribution in [0.25, 0.3) is 11.4 Å². The summed E-state index contributed by atoms with van der Waals surface area (Å²) in [7, 11) is 0. The summed E-state index contributed by atoms with van der Waals surface area (Å²) in [6.07, 6.45) is 1.79. The summed E-state index contributed by atoms with van der Waals surface area (Å²) in [5.41, 5.74) is 0.931. The van der Waals surface area contributed by atoms with Gasteiger partial charge in [-0.1, -0.05) is 35.5 Å². The third-order valence-corrected chi connectivity index (χ3v) is 2.74. The van der Waals surface area contributed by atoms with E-state index < -0.39 is 0 Å². The molecule has 0 aliphatic heterocycles. The van der Waals surface area contributed by atoms with E-state index in [2.05, 4.69) is 15.5 Å². The first-order valence-corrected chi connectivity index (χ1v) is 6.82. The smallest absolute Gasteiger partial charge is 0.226 e. The summed E-state index contributed by atoms with van der Waals surface area (Å²) in [4.78, 5) is 15.8. The molecule has 0 aliphatic rings. The van der Waals surface area contributed by atoms with Gasteiger partial charge in [-0.05, 0) is 20.3 Å². The Morgan fingerprint density at radius 3 is 2.75 bits per heavy atom. The van der Waals surface area contributed by atoms with Crippen LogP contribution in [0.15, 0.2) is 34.9 Å². The molecule has 2 rings (SSSR count). The summed E-state index contributed by atoms with van der Waals surface area (Å²) < 4.78 is 5.19. The van der Waals surface area contributed by atoms with E-state index in [0.717, 1.165) is 5.56 Å². The monoisotopic (exact) mass is 273 g/mol. The van der Waals surface area contributed by atoms with Crippen molar-refractivity contribution in [1.82, 2.24) is 15.5 Å². The van der Waals surface area contributed by atoms with Crippen LogP contribution < -0.4 is 5.32 Å². The van der Waals surface area contributed by atoms with Crippen molar-refractivity contribution < 1.29 is 9.32 Å². The topological polar surface area (TPSA) is 68.0 Å². The second-order valence-electron chi connectivity index (χ2n) is 4.95. The molecule has 0 radical (unpaired) electrons. The van der Waals surface area contributed by atoms with Gasteiger partial charge in [0.2, 0.25) is 17.6 Å². The van der Waals surface area contributed by atoms with E-state index in [9.17, 15) is 4.79 Å². The molecule has 0 aliphatic carbocycles. The van der Waals surface area contributed by atoms with E-state index in [1.165, 1.54) is 0 Å². The Hall–Kier alpha value is -2.17. The van der Waals surface area contributed by atoms with Crippen LogP contribution >= 0.6 is 0 Å². The second-order valence-corrected chi connectivity index (χ2v) is 4.95. The lowest BCUT2D eigenvalue weighted by Crippen LogP contribution is -2.29. The van der Waals surface area contributed by atoms with E-state index in [0.29, 0.717) is 31.0 Å². The third kappa shape index (κ3) is 4.19. The second kappa shape index (κ2) is 6.84. The zero-order chi connectivity index (χ0) is 14.4. The van der Waals surface area contributed by atoms with E-state index in [4.69, 9.17) is 4.52 Å². The molecule has 5 nitrogen and oxygen atoms in total. The van der Waals surface area contributed by atoms with Gasteiger partial charge < -0.3 is 9.84 Å². The Morgan fingerprint density at radius 1 is 1.30 bits per heavy atom. The summed E-state index contributed by atoms with van der Waals surface area (Å²) in [6.45, 7) is 3.89. The molecule has 0 spiro atoms. The van der Waals surface area contributed by atoms with Crippen LogP contribution in [0.1, 0.15) is 32.6 Å². The molecule has 5 heteroatoms. The molecule has 1 amide bonds. The van der Waals surface area contributed by atoms with Crippen LogP contribution in [0.2, 0.25) is 0 Å². The van der Waals surface area contributed by atoms with Crippen molar-refractivity contribution in [1.29, 1.82) is 0 Å². The van der Waals surface area contributed by atoms with Crippen molar-refractivity contribution in [3.63, 3.8) is 0 Å². The minimum atomic E-state index is 0.0581. The lowest BCUT2D eigenvalue weighted by atomic mass is 10.2. The Bertz CT molecular complexity index is 549. The predicted molar refractivity (Wildman–Crippen MR) is 76.0 cm³/mol. The number of carbonyl (C=O) groups is 1. The Kier molecular flexibility index (Phi) is 4.87. The van der Waals surface area contributed by atoms with Crippen molar-refractivity contribution in [3.8, 4) is 11.4 Å². The number of carbonyl (C=O) groups excluding carboxylic acids is 1. The third-order valence-electron chi connectivity index (χ3n) is 2.74.